The Morgan fingerprint density at radius 1 is 1.40 bits per heavy atom. The van der Waals surface area contributed by atoms with Crippen LogP contribution in [0.5, 0.6) is 0 Å². The summed E-state index contributed by atoms with van der Waals surface area (Å²) in [5, 5.41) is 6.48. The first-order chi connectivity index (χ1) is 9.65. The van der Waals surface area contributed by atoms with E-state index in [0.29, 0.717) is 12.5 Å². The van der Waals surface area contributed by atoms with Gasteiger partial charge in [0.2, 0.25) is 5.88 Å². The maximum Gasteiger partial charge on any atom is 0.216 e. The van der Waals surface area contributed by atoms with Crippen molar-refractivity contribution in [1.82, 2.24) is 15.5 Å². The molecule has 0 saturated carbocycles. The third-order valence-corrected chi connectivity index (χ3v) is 3.21. The first kappa shape index (κ1) is 12.8. The van der Waals surface area contributed by atoms with Gasteiger partial charge in [0.15, 0.2) is 5.84 Å². The van der Waals surface area contributed by atoms with Crippen LogP contribution in [0.1, 0.15) is 11.7 Å². The number of hydrogen-bond acceptors (Lipinski definition) is 5. The van der Waals surface area contributed by atoms with Crippen molar-refractivity contribution in [1.29, 1.82) is 0 Å². The summed E-state index contributed by atoms with van der Waals surface area (Å²) >= 11 is 0. The van der Waals surface area contributed by atoms with Crippen LogP contribution in [0.25, 0.3) is 0 Å². The number of likely N-dealkylation sites (N-methyl/N-ethyl adjacent to an activating group) is 1. The molecule has 5 nitrogen and oxygen atoms in total. The van der Waals surface area contributed by atoms with Crippen LogP contribution in [0.4, 0.5) is 4.39 Å². The second-order valence-corrected chi connectivity index (χ2v) is 4.93. The maximum absolute atomic E-state index is 13.4. The monoisotopic (exact) mass is 276 g/mol. The minimum Gasteiger partial charge on any atom is -0.476 e. The third kappa shape index (κ3) is 2.29. The van der Waals surface area contributed by atoms with E-state index in [2.05, 4.69) is 15.6 Å². The molecule has 0 amide bonds. The van der Waals surface area contributed by atoms with E-state index in [1.807, 2.05) is 25.1 Å². The molecule has 106 valence electrons. The summed E-state index contributed by atoms with van der Waals surface area (Å²) in [6.07, 6.45) is -0.346. The fraction of sp³-hybridized carbons (Fsp3) is 0.357. The molecule has 3 rings (SSSR count). The predicted molar refractivity (Wildman–Crippen MR) is 74.4 cm³/mol. The molecule has 20 heavy (non-hydrogen) atoms. The fourth-order valence-electron chi connectivity index (χ4n) is 2.29. The predicted octanol–water partition coefficient (Wildman–Crippen LogP) is 1.18. The molecular weight excluding hydrogens is 259 g/mol. The quantitative estimate of drug-likeness (QED) is 0.808. The Labute approximate surface area is 117 Å². The third-order valence-electron chi connectivity index (χ3n) is 3.21. The molecular formula is C14H17FN4O. The van der Waals surface area contributed by atoms with Crippen LogP contribution >= 0.6 is 0 Å². The number of benzene rings is 1. The van der Waals surface area contributed by atoms with E-state index in [1.54, 1.807) is 6.07 Å². The minimum atomic E-state index is -0.346. The van der Waals surface area contributed by atoms with Crippen molar-refractivity contribution in [3.05, 3.63) is 47.2 Å². The van der Waals surface area contributed by atoms with Crippen molar-refractivity contribution in [2.45, 2.75) is 6.17 Å². The number of hydrogen-bond donors (Lipinski definition) is 2. The van der Waals surface area contributed by atoms with Crippen LogP contribution in [-0.2, 0) is 4.74 Å². The first-order valence-electron chi connectivity index (χ1n) is 6.53. The summed E-state index contributed by atoms with van der Waals surface area (Å²) in [6.45, 7) is 1.35. The van der Waals surface area contributed by atoms with Gasteiger partial charge in [0.25, 0.3) is 0 Å². The van der Waals surface area contributed by atoms with E-state index in [-0.39, 0.29) is 12.0 Å². The lowest BCUT2D eigenvalue weighted by atomic mass is 10.1. The molecule has 0 bridgehead atoms. The van der Waals surface area contributed by atoms with Gasteiger partial charge in [0.05, 0.1) is 0 Å². The molecule has 2 aliphatic heterocycles. The van der Waals surface area contributed by atoms with Crippen molar-refractivity contribution in [3.8, 4) is 0 Å². The molecule has 0 radical (unpaired) electrons. The molecule has 0 aliphatic carbocycles. The van der Waals surface area contributed by atoms with Crippen molar-refractivity contribution < 1.29 is 9.13 Å². The standard InChI is InChI=1S/C14H17FN4O/c1-19(2)13-11-14(20-7-6-16-11)18-12(17-13)9-4-3-5-10(15)8-9/h3-5,8,12,16,18H,6-7H2,1-2H3. The summed E-state index contributed by atoms with van der Waals surface area (Å²) in [7, 11) is 3.85. The second kappa shape index (κ2) is 5.03. The normalized spacial score (nSPS) is 21.1. The molecule has 1 unspecified atom stereocenters. The lowest BCUT2D eigenvalue weighted by Crippen LogP contribution is -2.44. The summed E-state index contributed by atoms with van der Waals surface area (Å²) in [4.78, 5) is 6.56. The molecule has 2 heterocycles. The van der Waals surface area contributed by atoms with Crippen LogP contribution in [0.2, 0.25) is 0 Å². The Kier molecular flexibility index (Phi) is 3.22. The van der Waals surface area contributed by atoms with Gasteiger partial charge in [-0.15, -0.1) is 0 Å². The van der Waals surface area contributed by atoms with Crippen molar-refractivity contribution >= 4 is 5.84 Å². The zero-order valence-electron chi connectivity index (χ0n) is 11.5. The average Bonchev–Trinajstić information content (AvgIpc) is 2.46. The van der Waals surface area contributed by atoms with Crippen molar-refractivity contribution in [2.75, 3.05) is 27.2 Å². The average molecular weight is 276 g/mol. The Hall–Kier alpha value is -2.24. The second-order valence-electron chi connectivity index (χ2n) is 4.93. The summed E-state index contributed by atoms with van der Waals surface area (Å²) in [5.41, 5.74) is 1.62. The van der Waals surface area contributed by atoms with Gasteiger partial charge < -0.3 is 20.3 Å². The Morgan fingerprint density at radius 2 is 2.25 bits per heavy atom. The lowest BCUT2D eigenvalue weighted by Gasteiger charge is -2.33. The highest BCUT2D eigenvalue weighted by molar-refractivity contribution is 5.98. The van der Waals surface area contributed by atoms with E-state index < -0.39 is 0 Å². The maximum atomic E-state index is 13.4. The van der Waals surface area contributed by atoms with Crippen LogP contribution in [0.3, 0.4) is 0 Å². The zero-order valence-corrected chi connectivity index (χ0v) is 11.5. The van der Waals surface area contributed by atoms with Crippen LogP contribution in [0, 0.1) is 5.82 Å². The molecule has 2 N–H and O–H groups in total. The van der Waals surface area contributed by atoms with Gasteiger partial charge in [-0.05, 0) is 17.7 Å². The van der Waals surface area contributed by atoms with Crippen molar-refractivity contribution in [2.24, 2.45) is 4.99 Å². The van der Waals surface area contributed by atoms with E-state index in [1.165, 1.54) is 12.1 Å². The van der Waals surface area contributed by atoms with Crippen LogP contribution in [0.15, 0.2) is 40.8 Å². The molecule has 1 aromatic rings. The largest absolute Gasteiger partial charge is 0.476 e. The lowest BCUT2D eigenvalue weighted by molar-refractivity contribution is 0.162. The van der Waals surface area contributed by atoms with Crippen molar-refractivity contribution in [3.63, 3.8) is 0 Å². The minimum absolute atomic E-state index is 0.270. The number of aliphatic imine (C=N–C) groups is 1. The number of nitrogens with one attached hydrogen (secondary N) is 2. The van der Waals surface area contributed by atoms with Crippen LogP contribution in [-0.4, -0.2) is 38.0 Å². The zero-order chi connectivity index (χ0) is 14.1. The number of amidine groups is 1. The molecule has 6 heteroatoms. The van der Waals surface area contributed by atoms with Gasteiger partial charge in [-0.3, -0.25) is 0 Å². The molecule has 2 aliphatic rings. The van der Waals surface area contributed by atoms with Gasteiger partial charge in [0, 0.05) is 20.6 Å². The van der Waals surface area contributed by atoms with Gasteiger partial charge in [-0.1, -0.05) is 12.1 Å². The number of rotatable bonds is 1. The van der Waals surface area contributed by atoms with E-state index >= 15 is 0 Å². The van der Waals surface area contributed by atoms with Gasteiger partial charge in [-0.2, -0.15) is 0 Å². The van der Waals surface area contributed by atoms with E-state index in [4.69, 9.17) is 4.74 Å². The fourth-order valence-corrected chi connectivity index (χ4v) is 2.29. The summed E-state index contributed by atoms with van der Waals surface area (Å²) in [6, 6.07) is 6.43. The van der Waals surface area contributed by atoms with Crippen LogP contribution < -0.4 is 10.6 Å². The highest BCUT2D eigenvalue weighted by Gasteiger charge is 2.28. The summed E-state index contributed by atoms with van der Waals surface area (Å²) in [5.74, 6) is 1.20. The Bertz CT molecular complexity index is 582. The number of nitrogens with zero attached hydrogens (tertiary/aromatic N) is 2. The first-order valence-corrected chi connectivity index (χ1v) is 6.53. The SMILES string of the molecule is CN(C)C1=NC(c2cccc(F)c2)NC2=C1NCCO2. The molecule has 0 aromatic heterocycles. The number of halogens is 1. The smallest absolute Gasteiger partial charge is 0.216 e. The van der Waals surface area contributed by atoms with E-state index in [9.17, 15) is 4.39 Å². The highest BCUT2D eigenvalue weighted by atomic mass is 19.1. The Morgan fingerprint density at radius 3 is 3.00 bits per heavy atom. The van der Waals surface area contributed by atoms with Gasteiger partial charge in [0.1, 0.15) is 24.3 Å². The Balaban J connectivity index is 1.98. The molecule has 0 spiro atoms. The summed E-state index contributed by atoms with van der Waals surface area (Å²) < 4.78 is 19.0. The molecule has 0 saturated heterocycles. The molecule has 1 aromatic carbocycles. The highest BCUT2D eigenvalue weighted by Crippen LogP contribution is 2.25. The van der Waals surface area contributed by atoms with Gasteiger partial charge >= 0.3 is 0 Å². The number of ether oxygens (including phenoxy) is 1. The molecule has 0 fully saturated rings. The topological polar surface area (TPSA) is 48.9 Å². The van der Waals surface area contributed by atoms with E-state index in [0.717, 1.165) is 23.6 Å². The molecule has 1 atom stereocenters. The van der Waals surface area contributed by atoms with Gasteiger partial charge in [-0.25, -0.2) is 9.38 Å².